The van der Waals surface area contributed by atoms with Crippen LogP contribution in [0.2, 0.25) is 0 Å². The predicted octanol–water partition coefficient (Wildman–Crippen LogP) is 3.84. The molecule has 1 amide bonds. The number of hydrogen-bond donors (Lipinski definition) is 0. The molecule has 0 spiro atoms. The van der Waals surface area contributed by atoms with Gasteiger partial charge in [0.1, 0.15) is 5.75 Å². The Hall–Kier alpha value is -2.38. The molecule has 2 aromatic carbocycles. The molecule has 3 rings (SSSR count). The summed E-state index contributed by atoms with van der Waals surface area (Å²) in [7, 11) is -1.85. The van der Waals surface area contributed by atoms with Crippen molar-refractivity contribution in [2.24, 2.45) is 0 Å². The van der Waals surface area contributed by atoms with Gasteiger partial charge in [0.15, 0.2) is 0 Å². The molecule has 1 aliphatic heterocycles. The second-order valence-electron chi connectivity index (χ2n) is 7.68. The van der Waals surface area contributed by atoms with Crippen molar-refractivity contribution in [3.8, 4) is 5.75 Å². The van der Waals surface area contributed by atoms with Crippen LogP contribution < -0.4 is 4.74 Å². The molecule has 0 N–H and O–H groups in total. The van der Waals surface area contributed by atoms with Crippen LogP contribution in [0.1, 0.15) is 47.7 Å². The molecule has 162 valence electrons. The van der Waals surface area contributed by atoms with E-state index in [0.717, 1.165) is 36.1 Å². The van der Waals surface area contributed by atoms with Gasteiger partial charge in [-0.15, -0.1) is 0 Å². The van der Waals surface area contributed by atoms with Gasteiger partial charge in [-0.25, -0.2) is 8.42 Å². The Morgan fingerprint density at radius 1 is 1.07 bits per heavy atom. The van der Waals surface area contributed by atoms with Crippen LogP contribution in [0.3, 0.4) is 0 Å². The summed E-state index contributed by atoms with van der Waals surface area (Å²) in [5.74, 6) is 0.596. The Kier molecular flexibility index (Phi) is 7.15. The molecule has 1 saturated heterocycles. The number of sulfonamides is 1. The number of rotatable bonds is 7. The number of ether oxygens (including phenoxy) is 1. The summed E-state index contributed by atoms with van der Waals surface area (Å²) in [5.41, 5.74) is 2.15. The maximum absolute atomic E-state index is 13.1. The van der Waals surface area contributed by atoms with E-state index < -0.39 is 10.0 Å². The lowest BCUT2D eigenvalue weighted by atomic mass is 10.1. The minimum absolute atomic E-state index is 0.188. The van der Waals surface area contributed by atoms with E-state index in [1.165, 1.54) is 10.4 Å². The number of amides is 1. The number of aryl methyl sites for hydroxylation is 1. The average Bonchev–Trinajstić information content (AvgIpc) is 2.75. The van der Waals surface area contributed by atoms with Crippen molar-refractivity contribution in [1.29, 1.82) is 0 Å². The highest BCUT2D eigenvalue weighted by molar-refractivity contribution is 7.89. The predicted molar refractivity (Wildman–Crippen MR) is 117 cm³/mol. The quantitative estimate of drug-likeness (QED) is 0.669. The van der Waals surface area contributed by atoms with Crippen LogP contribution in [0.4, 0.5) is 0 Å². The molecule has 6 nitrogen and oxygen atoms in total. The minimum atomic E-state index is -3.58. The van der Waals surface area contributed by atoms with Gasteiger partial charge >= 0.3 is 0 Å². The first-order chi connectivity index (χ1) is 14.3. The third-order valence-electron chi connectivity index (χ3n) is 5.39. The standard InChI is InChI=1S/C23H30N2O4S/c1-4-29-20-11-9-19(10-12-20)17-24(3)23(26)22-16-21(13-8-18(22)2)30(27,28)25-14-6-5-7-15-25/h8-13,16H,4-7,14-15,17H2,1-3H3. The van der Waals surface area contributed by atoms with E-state index in [4.69, 9.17) is 4.74 Å². The highest BCUT2D eigenvalue weighted by Crippen LogP contribution is 2.24. The maximum Gasteiger partial charge on any atom is 0.254 e. The van der Waals surface area contributed by atoms with Crippen molar-refractivity contribution in [2.45, 2.75) is 44.6 Å². The molecule has 30 heavy (non-hydrogen) atoms. The second-order valence-corrected chi connectivity index (χ2v) is 9.62. The zero-order valence-corrected chi connectivity index (χ0v) is 18.7. The first-order valence-electron chi connectivity index (χ1n) is 10.4. The van der Waals surface area contributed by atoms with Gasteiger partial charge in [-0.3, -0.25) is 4.79 Å². The van der Waals surface area contributed by atoms with Crippen LogP contribution in [0.25, 0.3) is 0 Å². The van der Waals surface area contributed by atoms with Gasteiger partial charge in [-0.05, 0) is 62.1 Å². The summed E-state index contributed by atoms with van der Waals surface area (Å²) in [6, 6.07) is 12.5. The second kappa shape index (κ2) is 9.62. The van der Waals surface area contributed by atoms with Crippen molar-refractivity contribution in [3.63, 3.8) is 0 Å². The summed E-state index contributed by atoms with van der Waals surface area (Å²) >= 11 is 0. The number of piperidine rings is 1. The van der Waals surface area contributed by atoms with Gasteiger partial charge in [0.25, 0.3) is 5.91 Å². The molecular weight excluding hydrogens is 400 g/mol. The van der Waals surface area contributed by atoms with E-state index >= 15 is 0 Å². The maximum atomic E-state index is 13.1. The lowest BCUT2D eigenvalue weighted by molar-refractivity contribution is 0.0784. The third-order valence-corrected chi connectivity index (χ3v) is 7.29. The SMILES string of the molecule is CCOc1ccc(CN(C)C(=O)c2cc(S(=O)(=O)N3CCCCC3)ccc2C)cc1. The molecule has 1 fully saturated rings. The fraction of sp³-hybridized carbons (Fsp3) is 0.435. The molecule has 2 aromatic rings. The van der Waals surface area contributed by atoms with Crippen molar-refractivity contribution in [1.82, 2.24) is 9.21 Å². The summed E-state index contributed by atoms with van der Waals surface area (Å²) in [6.07, 6.45) is 2.81. The Balaban J connectivity index is 1.78. The highest BCUT2D eigenvalue weighted by atomic mass is 32.2. The molecule has 1 aliphatic rings. The molecule has 0 aromatic heterocycles. The van der Waals surface area contributed by atoms with Crippen molar-refractivity contribution in [3.05, 3.63) is 59.2 Å². The van der Waals surface area contributed by atoms with Gasteiger partial charge in [0.2, 0.25) is 10.0 Å². The van der Waals surface area contributed by atoms with Crippen LogP contribution in [-0.4, -0.2) is 50.3 Å². The topological polar surface area (TPSA) is 66.9 Å². The smallest absolute Gasteiger partial charge is 0.254 e. The zero-order chi connectivity index (χ0) is 21.7. The van der Waals surface area contributed by atoms with E-state index in [2.05, 4.69) is 0 Å². The molecule has 0 aliphatic carbocycles. The fourth-order valence-electron chi connectivity index (χ4n) is 3.66. The van der Waals surface area contributed by atoms with Gasteiger partial charge < -0.3 is 9.64 Å². The van der Waals surface area contributed by atoms with Gasteiger partial charge in [-0.2, -0.15) is 4.31 Å². The van der Waals surface area contributed by atoms with E-state index in [9.17, 15) is 13.2 Å². The lowest BCUT2D eigenvalue weighted by Crippen LogP contribution is -2.35. The number of benzene rings is 2. The zero-order valence-electron chi connectivity index (χ0n) is 17.9. The molecule has 0 radical (unpaired) electrons. The van der Waals surface area contributed by atoms with E-state index in [1.54, 1.807) is 24.1 Å². The van der Waals surface area contributed by atoms with E-state index in [1.807, 2.05) is 38.1 Å². The van der Waals surface area contributed by atoms with Crippen LogP contribution in [0.5, 0.6) is 5.75 Å². The molecule has 0 unspecified atom stereocenters. The van der Waals surface area contributed by atoms with Crippen molar-refractivity contribution >= 4 is 15.9 Å². The number of nitrogens with zero attached hydrogens (tertiary/aromatic N) is 2. The van der Waals surface area contributed by atoms with E-state index in [-0.39, 0.29) is 10.8 Å². The van der Waals surface area contributed by atoms with Gasteiger partial charge in [0, 0.05) is 32.2 Å². The molecule has 1 heterocycles. The largest absolute Gasteiger partial charge is 0.494 e. The number of hydrogen-bond acceptors (Lipinski definition) is 4. The average molecular weight is 431 g/mol. The number of carbonyl (C=O) groups is 1. The third kappa shape index (κ3) is 5.02. The highest BCUT2D eigenvalue weighted by Gasteiger charge is 2.27. The first-order valence-corrected chi connectivity index (χ1v) is 11.8. The summed E-state index contributed by atoms with van der Waals surface area (Å²) in [6.45, 7) is 5.87. The Bertz CT molecular complexity index is 981. The molecule has 7 heteroatoms. The van der Waals surface area contributed by atoms with E-state index in [0.29, 0.717) is 31.8 Å². The number of carbonyl (C=O) groups excluding carboxylic acids is 1. The molecular formula is C23H30N2O4S. The van der Waals surface area contributed by atoms with Gasteiger partial charge in [0.05, 0.1) is 11.5 Å². The lowest BCUT2D eigenvalue weighted by Gasteiger charge is -2.26. The Labute approximate surface area is 179 Å². The van der Waals surface area contributed by atoms with Crippen LogP contribution >= 0.6 is 0 Å². The van der Waals surface area contributed by atoms with Crippen molar-refractivity contribution < 1.29 is 17.9 Å². The molecule has 0 atom stereocenters. The van der Waals surface area contributed by atoms with Crippen LogP contribution in [-0.2, 0) is 16.6 Å². The van der Waals surface area contributed by atoms with Gasteiger partial charge in [-0.1, -0.05) is 24.6 Å². The summed E-state index contributed by atoms with van der Waals surface area (Å²) < 4.78 is 33.0. The fourth-order valence-corrected chi connectivity index (χ4v) is 5.20. The Morgan fingerprint density at radius 3 is 2.37 bits per heavy atom. The van der Waals surface area contributed by atoms with Crippen LogP contribution in [0.15, 0.2) is 47.4 Å². The van der Waals surface area contributed by atoms with Crippen molar-refractivity contribution in [2.75, 3.05) is 26.7 Å². The Morgan fingerprint density at radius 2 is 1.73 bits per heavy atom. The monoisotopic (exact) mass is 430 g/mol. The molecule has 0 saturated carbocycles. The summed E-state index contributed by atoms with van der Waals surface area (Å²) in [5, 5.41) is 0. The van der Waals surface area contributed by atoms with Crippen LogP contribution in [0, 0.1) is 6.92 Å². The first kappa shape index (κ1) is 22.3. The minimum Gasteiger partial charge on any atom is -0.494 e. The molecule has 0 bridgehead atoms. The summed E-state index contributed by atoms with van der Waals surface area (Å²) in [4.78, 5) is 14.9. The normalized spacial score (nSPS) is 15.0.